The molecule has 0 saturated carbocycles. The summed E-state index contributed by atoms with van der Waals surface area (Å²) < 4.78 is 37.4. The standard InChI is InChI=1S/C20H21NO6S/c1-14(22)15-8-9-18(19(13-15)26-2)27-20(23)16-6-5-7-17(12-16)28(24,25)21-10-3-4-11-21/h5-9,12-13H,3-4,10-11H2,1-2H3. The van der Waals surface area contributed by atoms with E-state index in [0.717, 1.165) is 12.8 Å². The number of rotatable bonds is 6. The van der Waals surface area contributed by atoms with E-state index < -0.39 is 16.0 Å². The molecule has 148 valence electrons. The number of ketones is 1. The first-order chi connectivity index (χ1) is 13.3. The minimum Gasteiger partial charge on any atom is -0.493 e. The third kappa shape index (κ3) is 4.07. The molecular weight excluding hydrogens is 382 g/mol. The van der Waals surface area contributed by atoms with E-state index in [-0.39, 0.29) is 27.7 Å². The van der Waals surface area contributed by atoms with E-state index >= 15 is 0 Å². The summed E-state index contributed by atoms with van der Waals surface area (Å²) in [4.78, 5) is 24.1. The van der Waals surface area contributed by atoms with Gasteiger partial charge in [0.15, 0.2) is 17.3 Å². The fourth-order valence-corrected chi connectivity index (χ4v) is 4.55. The van der Waals surface area contributed by atoms with Crippen LogP contribution in [-0.2, 0) is 10.0 Å². The van der Waals surface area contributed by atoms with E-state index in [1.54, 1.807) is 0 Å². The second-order valence-electron chi connectivity index (χ2n) is 6.45. The summed E-state index contributed by atoms with van der Waals surface area (Å²) in [5, 5.41) is 0. The molecule has 0 bridgehead atoms. The first kappa shape index (κ1) is 20.0. The highest BCUT2D eigenvalue weighted by molar-refractivity contribution is 7.89. The van der Waals surface area contributed by atoms with Crippen molar-refractivity contribution < 1.29 is 27.5 Å². The molecule has 0 unspecified atom stereocenters. The Hall–Kier alpha value is -2.71. The molecule has 0 radical (unpaired) electrons. The Balaban J connectivity index is 1.85. The maximum atomic E-state index is 12.7. The molecule has 28 heavy (non-hydrogen) atoms. The molecule has 0 amide bonds. The van der Waals surface area contributed by atoms with Gasteiger partial charge in [0.2, 0.25) is 10.0 Å². The van der Waals surface area contributed by atoms with Crippen LogP contribution < -0.4 is 9.47 Å². The summed E-state index contributed by atoms with van der Waals surface area (Å²) in [7, 11) is -2.23. The van der Waals surface area contributed by atoms with Crippen molar-refractivity contribution in [3.8, 4) is 11.5 Å². The van der Waals surface area contributed by atoms with Crippen molar-refractivity contribution in [1.29, 1.82) is 0 Å². The average molecular weight is 403 g/mol. The minimum atomic E-state index is -3.63. The molecule has 1 heterocycles. The second kappa shape index (κ2) is 8.12. The molecule has 0 aliphatic carbocycles. The third-order valence-corrected chi connectivity index (χ3v) is 6.44. The van der Waals surface area contributed by atoms with Crippen LogP contribution in [0.5, 0.6) is 11.5 Å². The van der Waals surface area contributed by atoms with Gasteiger partial charge in [-0.3, -0.25) is 4.79 Å². The number of carbonyl (C=O) groups is 2. The molecule has 8 heteroatoms. The van der Waals surface area contributed by atoms with Crippen LogP contribution in [0.1, 0.15) is 40.5 Å². The lowest BCUT2D eigenvalue weighted by molar-refractivity contribution is 0.0729. The van der Waals surface area contributed by atoms with Gasteiger partial charge in [-0.05, 0) is 56.2 Å². The summed E-state index contributed by atoms with van der Waals surface area (Å²) in [5.41, 5.74) is 0.535. The lowest BCUT2D eigenvalue weighted by Crippen LogP contribution is -2.28. The summed E-state index contributed by atoms with van der Waals surface area (Å²) in [6.07, 6.45) is 1.66. The van der Waals surface area contributed by atoms with Crippen LogP contribution in [0, 0.1) is 0 Å². The van der Waals surface area contributed by atoms with E-state index in [0.29, 0.717) is 18.7 Å². The van der Waals surface area contributed by atoms with Gasteiger partial charge in [-0.15, -0.1) is 0 Å². The maximum Gasteiger partial charge on any atom is 0.343 e. The highest BCUT2D eigenvalue weighted by Gasteiger charge is 2.28. The molecule has 7 nitrogen and oxygen atoms in total. The Labute approximate surface area is 163 Å². The van der Waals surface area contributed by atoms with Gasteiger partial charge in [-0.25, -0.2) is 13.2 Å². The zero-order valence-corrected chi connectivity index (χ0v) is 16.5. The van der Waals surface area contributed by atoms with Gasteiger partial charge in [0.05, 0.1) is 17.6 Å². The van der Waals surface area contributed by atoms with Crippen molar-refractivity contribution in [1.82, 2.24) is 4.31 Å². The van der Waals surface area contributed by atoms with E-state index in [9.17, 15) is 18.0 Å². The van der Waals surface area contributed by atoms with Crippen LogP contribution in [0.3, 0.4) is 0 Å². The number of benzene rings is 2. The number of hydrogen-bond donors (Lipinski definition) is 0. The second-order valence-corrected chi connectivity index (χ2v) is 8.39. The number of esters is 1. The molecule has 1 aliphatic heterocycles. The molecule has 0 N–H and O–H groups in total. The molecule has 1 fully saturated rings. The molecule has 3 rings (SSSR count). The molecular formula is C20H21NO6S. The van der Waals surface area contributed by atoms with Crippen molar-refractivity contribution in [3.63, 3.8) is 0 Å². The van der Waals surface area contributed by atoms with Gasteiger partial charge in [0.1, 0.15) is 0 Å². The number of hydrogen-bond acceptors (Lipinski definition) is 6. The monoisotopic (exact) mass is 403 g/mol. The third-order valence-electron chi connectivity index (χ3n) is 4.55. The molecule has 0 aromatic heterocycles. The number of ether oxygens (including phenoxy) is 2. The first-order valence-electron chi connectivity index (χ1n) is 8.84. The summed E-state index contributed by atoms with van der Waals surface area (Å²) in [5.74, 6) is -0.476. The van der Waals surface area contributed by atoms with E-state index in [1.807, 2.05) is 0 Å². The first-order valence-corrected chi connectivity index (χ1v) is 10.3. The zero-order valence-electron chi connectivity index (χ0n) is 15.7. The van der Waals surface area contributed by atoms with Gasteiger partial charge >= 0.3 is 5.97 Å². The van der Waals surface area contributed by atoms with Crippen LogP contribution >= 0.6 is 0 Å². The Kier molecular flexibility index (Phi) is 5.81. The highest BCUT2D eigenvalue weighted by atomic mass is 32.2. The lowest BCUT2D eigenvalue weighted by atomic mass is 10.1. The lowest BCUT2D eigenvalue weighted by Gasteiger charge is -2.16. The fraction of sp³-hybridized carbons (Fsp3) is 0.300. The van der Waals surface area contributed by atoms with Gasteiger partial charge in [-0.1, -0.05) is 6.07 Å². The van der Waals surface area contributed by atoms with Gasteiger partial charge < -0.3 is 9.47 Å². The normalized spacial score (nSPS) is 14.6. The summed E-state index contributed by atoms with van der Waals surface area (Å²) in [6, 6.07) is 10.3. The predicted octanol–water partition coefficient (Wildman–Crippen LogP) is 2.90. The van der Waals surface area contributed by atoms with Gasteiger partial charge in [-0.2, -0.15) is 4.31 Å². The van der Waals surface area contributed by atoms with Crippen LogP contribution in [-0.4, -0.2) is 44.7 Å². The predicted molar refractivity (Wildman–Crippen MR) is 102 cm³/mol. The topological polar surface area (TPSA) is 90.0 Å². The number of nitrogens with zero attached hydrogens (tertiary/aromatic N) is 1. The van der Waals surface area contributed by atoms with E-state index in [2.05, 4.69) is 0 Å². The van der Waals surface area contributed by atoms with Crippen molar-refractivity contribution in [2.24, 2.45) is 0 Å². The molecule has 2 aromatic carbocycles. The van der Waals surface area contributed by atoms with E-state index in [1.165, 1.54) is 60.8 Å². The van der Waals surface area contributed by atoms with Crippen LogP contribution in [0.4, 0.5) is 0 Å². The number of sulfonamides is 1. The van der Waals surface area contributed by atoms with Crippen LogP contribution in [0.2, 0.25) is 0 Å². The zero-order chi connectivity index (χ0) is 20.3. The molecule has 1 aliphatic rings. The number of methoxy groups -OCH3 is 1. The van der Waals surface area contributed by atoms with Crippen LogP contribution in [0.15, 0.2) is 47.4 Å². The van der Waals surface area contributed by atoms with Crippen molar-refractivity contribution in [2.75, 3.05) is 20.2 Å². The Morgan fingerprint density at radius 1 is 0.964 bits per heavy atom. The summed E-state index contributed by atoms with van der Waals surface area (Å²) >= 11 is 0. The Morgan fingerprint density at radius 2 is 1.68 bits per heavy atom. The average Bonchev–Trinajstić information content (AvgIpc) is 3.24. The maximum absolute atomic E-state index is 12.7. The fourth-order valence-electron chi connectivity index (χ4n) is 2.99. The van der Waals surface area contributed by atoms with E-state index in [4.69, 9.17) is 9.47 Å². The molecule has 0 spiro atoms. The van der Waals surface area contributed by atoms with Gasteiger partial charge in [0.25, 0.3) is 0 Å². The van der Waals surface area contributed by atoms with Crippen molar-refractivity contribution in [2.45, 2.75) is 24.7 Å². The van der Waals surface area contributed by atoms with Crippen LogP contribution in [0.25, 0.3) is 0 Å². The van der Waals surface area contributed by atoms with Gasteiger partial charge in [0, 0.05) is 18.7 Å². The number of Topliss-reactive ketones (excluding diaryl/α,β-unsaturated/α-hetero) is 1. The highest BCUT2D eigenvalue weighted by Crippen LogP contribution is 2.29. The Morgan fingerprint density at radius 3 is 2.32 bits per heavy atom. The van der Waals surface area contributed by atoms with Crippen molar-refractivity contribution in [3.05, 3.63) is 53.6 Å². The molecule has 0 atom stereocenters. The quantitative estimate of drug-likeness (QED) is 0.419. The smallest absolute Gasteiger partial charge is 0.343 e. The molecule has 2 aromatic rings. The SMILES string of the molecule is COc1cc(C(C)=O)ccc1OC(=O)c1cccc(S(=O)(=O)N2CCCC2)c1. The molecule has 1 saturated heterocycles. The summed E-state index contributed by atoms with van der Waals surface area (Å²) in [6.45, 7) is 2.39. The largest absolute Gasteiger partial charge is 0.493 e. The Bertz CT molecular complexity index is 1010. The minimum absolute atomic E-state index is 0.0581. The number of carbonyl (C=O) groups excluding carboxylic acids is 2. The van der Waals surface area contributed by atoms with Crippen molar-refractivity contribution >= 4 is 21.8 Å².